The Labute approximate surface area is 126 Å². The average Bonchev–Trinajstić information content (AvgIpc) is 2.46. The summed E-state index contributed by atoms with van der Waals surface area (Å²) in [5.41, 5.74) is -0.0193. The van der Waals surface area contributed by atoms with Crippen molar-refractivity contribution in [1.82, 2.24) is 0 Å². The fourth-order valence-corrected chi connectivity index (χ4v) is 2.93. The van der Waals surface area contributed by atoms with Crippen molar-refractivity contribution in [2.45, 2.75) is 4.90 Å². The van der Waals surface area contributed by atoms with Gasteiger partial charge in [-0.1, -0.05) is 6.07 Å². The van der Waals surface area contributed by atoms with Crippen LogP contribution in [0.1, 0.15) is 0 Å². The SMILES string of the molecule is COc1cc(F)c(S(=O)(=O)Nc2cccc(F)c2)cc1OC. The van der Waals surface area contributed by atoms with Gasteiger partial charge in [-0.15, -0.1) is 0 Å². The number of methoxy groups -OCH3 is 2. The molecule has 0 aliphatic carbocycles. The summed E-state index contributed by atoms with van der Waals surface area (Å²) in [7, 11) is -1.65. The van der Waals surface area contributed by atoms with E-state index in [0.717, 1.165) is 24.3 Å². The largest absolute Gasteiger partial charge is 0.493 e. The lowest BCUT2D eigenvalue weighted by molar-refractivity contribution is 0.350. The van der Waals surface area contributed by atoms with E-state index in [2.05, 4.69) is 4.72 Å². The predicted octanol–water partition coefficient (Wildman–Crippen LogP) is 2.78. The van der Waals surface area contributed by atoms with Crippen molar-refractivity contribution in [2.75, 3.05) is 18.9 Å². The first-order valence-corrected chi connectivity index (χ1v) is 7.55. The van der Waals surface area contributed by atoms with Crippen LogP contribution in [0, 0.1) is 11.6 Å². The summed E-state index contributed by atoms with van der Waals surface area (Å²) in [6.07, 6.45) is 0. The second-order valence-electron chi connectivity index (χ2n) is 4.25. The highest BCUT2D eigenvalue weighted by Crippen LogP contribution is 2.32. The lowest BCUT2D eigenvalue weighted by atomic mass is 10.3. The van der Waals surface area contributed by atoms with Crippen molar-refractivity contribution in [3.63, 3.8) is 0 Å². The van der Waals surface area contributed by atoms with E-state index >= 15 is 0 Å². The fraction of sp³-hybridized carbons (Fsp3) is 0.143. The van der Waals surface area contributed by atoms with Crippen LogP contribution in [0.5, 0.6) is 11.5 Å². The molecule has 0 unspecified atom stereocenters. The predicted molar refractivity (Wildman–Crippen MR) is 76.7 cm³/mol. The second kappa shape index (κ2) is 6.18. The maximum atomic E-state index is 14.0. The first-order chi connectivity index (χ1) is 10.4. The van der Waals surface area contributed by atoms with Gasteiger partial charge in [-0.05, 0) is 18.2 Å². The molecule has 0 aliphatic rings. The molecule has 0 heterocycles. The van der Waals surface area contributed by atoms with E-state index in [-0.39, 0.29) is 17.2 Å². The van der Waals surface area contributed by atoms with E-state index in [0.29, 0.717) is 0 Å². The van der Waals surface area contributed by atoms with E-state index in [4.69, 9.17) is 9.47 Å². The standard InChI is InChI=1S/C14H13F2NO4S/c1-20-12-7-11(16)14(8-13(12)21-2)22(18,19)17-10-5-3-4-9(15)6-10/h3-8,17H,1-2H3. The van der Waals surface area contributed by atoms with Crippen LogP contribution in [0.2, 0.25) is 0 Å². The van der Waals surface area contributed by atoms with Crippen LogP contribution in [0.25, 0.3) is 0 Å². The molecule has 2 aromatic carbocycles. The van der Waals surface area contributed by atoms with Crippen LogP contribution in [-0.4, -0.2) is 22.6 Å². The van der Waals surface area contributed by atoms with E-state index in [1.54, 1.807) is 0 Å². The van der Waals surface area contributed by atoms with Gasteiger partial charge in [-0.2, -0.15) is 0 Å². The number of ether oxygens (including phenoxy) is 2. The average molecular weight is 329 g/mol. The van der Waals surface area contributed by atoms with Crippen molar-refractivity contribution in [2.24, 2.45) is 0 Å². The second-order valence-corrected chi connectivity index (χ2v) is 5.90. The Morgan fingerprint density at radius 3 is 2.23 bits per heavy atom. The Bertz CT molecular complexity index is 793. The van der Waals surface area contributed by atoms with Crippen LogP contribution in [0.3, 0.4) is 0 Å². The molecule has 0 amide bonds. The zero-order valence-electron chi connectivity index (χ0n) is 11.8. The maximum Gasteiger partial charge on any atom is 0.264 e. The zero-order chi connectivity index (χ0) is 16.3. The van der Waals surface area contributed by atoms with Crippen molar-refractivity contribution < 1.29 is 26.7 Å². The van der Waals surface area contributed by atoms with Crippen molar-refractivity contribution in [3.8, 4) is 11.5 Å². The monoisotopic (exact) mass is 329 g/mol. The molecule has 5 nitrogen and oxygen atoms in total. The molecular weight excluding hydrogens is 316 g/mol. The highest BCUT2D eigenvalue weighted by atomic mass is 32.2. The molecule has 0 fully saturated rings. The summed E-state index contributed by atoms with van der Waals surface area (Å²) in [6.45, 7) is 0. The van der Waals surface area contributed by atoms with Crippen LogP contribution in [-0.2, 0) is 10.0 Å². The zero-order valence-corrected chi connectivity index (χ0v) is 12.6. The van der Waals surface area contributed by atoms with E-state index in [1.165, 1.54) is 26.4 Å². The molecular formula is C14H13F2NO4S. The normalized spacial score (nSPS) is 11.1. The van der Waals surface area contributed by atoms with Crippen LogP contribution in [0.15, 0.2) is 41.3 Å². The third kappa shape index (κ3) is 3.28. The van der Waals surface area contributed by atoms with Crippen LogP contribution >= 0.6 is 0 Å². The molecule has 0 atom stereocenters. The molecule has 0 aliphatic heterocycles. The van der Waals surface area contributed by atoms with Gasteiger partial charge < -0.3 is 9.47 Å². The number of benzene rings is 2. The third-order valence-electron chi connectivity index (χ3n) is 2.80. The third-order valence-corrected chi connectivity index (χ3v) is 4.20. The number of nitrogens with one attached hydrogen (secondary N) is 1. The molecule has 0 bridgehead atoms. The van der Waals surface area contributed by atoms with E-state index in [1.807, 2.05) is 0 Å². The number of rotatable bonds is 5. The number of anilines is 1. The minimum Gasteiger partial charge on any atom is -0.493 e. The van der Waals surface area contributed by atoms with Gasteiger partial charge in [0.15, 0.2) is 11.5 Å². The molecule has 0 spiro atoms. The molecule has 1 N–H and O–H groups in total. The first-order valence-electron chi connectivity index (χ1n) is 6.07. The summed E-state index contributed by atoms with van der Waals surface area (Å²) in [5, 5.41) is 0. The Morgan fingerprint density at radius 1 is 1.00 bits per heavy atom. The van der Waals surface area contributed by atoms with Crippen molar-refractivity contribution in [3.05, 3.63) is 48.0 Å². The number of hydrogen-bond donors (Lipinski definition) is 1. The summed E-state index contributed by atoms with van der Waals surface area (Å²) >= 11 is 0. The fourth-order valence-electron chi connectivity index (χ4n) is 1.80. The molecule has 2 rings (SSSR count). The van der Waals surface area contributed by atoms with Gasteiger partial charge in [0.1, 0.15) is 16.5 Å². The Kier molecular flexibility index (Phi) is 4.51. The summed E-state index contributed by atoms with van der Waals surface area (Å²) in [5.74, 6) is -1.51. The lowest BCUT2D eigenvalue weighted by Gasteiger charge is -2.12. The minimum atomic E-state index is -4.25. The Morgan fingerprint density at radius 2 is 1.64 bits per heavy atom. The van der Waals surface area contributed by atoms with Crippen molar-refractivity contribution in [1.29, 1.82) is 0 Å². The molecule has 8 heteroatoms. The number of sulfonamides is 1. The van der Waals surface area contributed by atoms with Gasteiger partial charge in [0.25, 0.3) is 10.0 Å². The molecule has 0 saturated carbocycles. The van der Waals surface area contributed by atoms with Crippen LogP contribution in [0.4, 0.5) is 14.5 Å². The van der Waals surface area contributed by atoms with Gasteiger partial charge in [0.05, 0.1) is 19.9 Å². The number of halogens is 2. The highest BCUT2D eigenvalue weighted by molar-refractivity contribution is 7.92. The van der Waals surface area contributed by atoms with Crippen molar-refractivity contribution >= 4 is 15.7 Å². The summed E-state index contributed by atoms with van der Waals surface area (Å²) in [4.78, 5) is -0.630. The first kappa shape index (κ1) is 16.0. The summed E-state index contributed by atoms with van der Waals surface area (Å²) < 4.78 is 63.5. The Hall–Kier alpha value is -2.35. The Balaban J connectivity index is 2.45. The minimum absolute atomic E-state index is 0.0193. The van der Waals surface area contributed by atoms with Gasteiger partial charge in [0.2, 0.25) is 0 Å². The van der Waals surface area contributed by atoms with Crippen LogP contribution < -0.4 is 14.2 Å². The molecule has 0 saturated heterocycles. The van der Waals surface area contributed by atoms with E-state index in [9.17, 15) is 17.2 Å². The molecule has 2 aromatic rings. The summed E-state index contributed by atoms with van der Waals surface area (Å²) in [6, 6.07) is 6.72. The highest BCUT2D eigenvalue weighted by Gasteiger charge is 2.23. The van der Waals surface area contributed by atoms with E-state index < -0.39 is 26.6 Å². The van der Waals surface area contributed by atoms with Gasteiger partial charge >= 0.3 is 0 Å². The quantitative estimate of drug-likeness (QED) is 0.916. The smallest absolute Gasteiger partial charge is 0.264 e. The molecule has 0 aromatic heterocycles. The molecule has 22 heavy (non-hydrogen) atoms. The number of hydrogen-bond acceptors (Lipinski definition) is 4. The maximum absolute atomic E-state index is 14.0. The van der Waals surface area contributed by atoms with Gasteiger partial charge in [-0.3, -0.25) is 4.72 Å². The van der Waals surface area contributed by atoms with Gasteiger partial charge in [-0.25, -0.2) is 17.2 Å². The van der Waals surface area contributed by atoms with Gasteiger partial charge in [0, 0.05) is 12.1 Å². The molecule has 0 radical (unpaired) electrons. The molecule has 118 valence electrons. The lowest BCUT2D eigenvalue weighted by Crippen LogP contribution is -2.15. The topological polar surface area (TPSA) is 64.6 Å².